The molecule has 0 saturated heterocycles. The van der Waals surface area contributed by atoms with Crippen molar-refractivity contribution in [2.24, 2.45) is 0 Å². The number of nitriles is 3. The second kappa shape index (κ2) is 12.7. The number of carboxylic acid groups (broad SMARTS) is 1. The lowest BCUT2D eigenvalue weighted by atomic mass is 10.2. The molecular formula is C28H20N6O4. The average Bonchev–Trinajstić information content (AvgIpc) is 3.52. The highest BCUT2D eigenvalue weighted by molar-refractivity contribution is 5.95. The van der Waals surface area contributed by atoms with Crippen LogP contribution >= 0.6 is 0 Å². The molecule has 10 heteroatoms. The van der Waals surface area contributed by atoms with E-state index in [1.54, 1.807) is 57.9 Å². The number of hydrogen-bond donors (Lipinski definition) is 1. The fourth-order valence-corrected chi connectivity index (χ4v) is 3.49. The standard InChI is InChI=1S/C11H8N2O2.C10H6N2O2.C7H6N2/c1-15-11(14)9-7-13-5-3-2-4-10(13)8(9)6-12;11-5-7-8(10(13)14)6-12-4-2-1-3-9(7)12;8-5-4-7-3-1-2-6-9-7/h2-5,7H,1H3;1-4,6H,(H,13,14);1-3,6H,4H2. The van der Waals surface area contributed by atoms with Crippen molar-refractivity contribution in [2.75, 3.05) is 7.11 Å². The van der Waals surface area contributed by atoms with Crippen molar-refractivity contribution >= 4 is 23.0 Å². The third-order valence-corrected chi connectivity index (χ3v) is 5.21. The summed E-state index contributed by atoms with van der Waals surface area (Å²) in [7, 11) is 1.30. The number of aromatic carboxylic acids is 1. The highest BCUT2D eigenvalue weighted by Crippen LogP contribution is 2.18. The molecule has 0 unspecified atom stereocenters. The zero-order chi connectivity index (χ0) is 27.5. The van der Waals surface area contributed by atoms with Crippen LogP contribution in [0.2, 0.25) is 0 Å². The molecule has 5 aromatic heterocycles. The highest BCUT2D eigenvalue weighted by atomic mass is 16.5. The van der Waals surface area contributed by atoms with Crippen LogP contribution in [-0.2, 0) is 11.2 Å². The predicted octanol–water partition coefficient (Wildman–Crippen LogP) is 4.25. The van der Waals surface area contributed by atoms with Crippen molar-refractivity contribution in [1.29, 1.82) is 15.8 Å². The van der Waals surface area contributed by atoms with E-state index in [9.17, 15) is 9.59 Å². The van der Waals surface area contributed by atoms with Crippen molar-refractivity contribution in [3.8, 4) is 18.2 Å². The first kappa shape index (κ1) is 26.7. The molecule has 0 radical (unpaired) electrons. The summed E-state index contributed by atoms with van der Waals surface area (Å²) in [6.45, 7) is 0. The number of hydrogen-bond acceptors (Lipinski definition) is 7. The maximum absolute atomic E-state index is 11.4. The zero-order valence-electron chi connectivity index (χ0n) is 20.1. The lowest BCUT2D eigenvalue weighted by Crippen LogP contribution is -2.01. The minimum Gasteiger partial charge on any atom is -0.478 e. The Bertz CT molecular complexity index is 1720. The van der Waals surface area contributed by atoms with Gasteiger partial charge in [0.2, 0.25) is 0 Å². The van der Waals surface area contributed by atoms with E-state index in [1.165, 1.54) is 13.3 Å². The quantitative estimate of drug-likeness (QED) is 0.357. The molecule has 1 N–H and O–H groups in total. The largest absolute Gasteiger partial charge is 0.478 e. The van der Waals surface area contributed by atoms with Crippen LogP contribution < -0.4 is 0 Å². The van der Waals surface area contributed by atoms with Crippen LogP contribution in [0.25, 0.3) is 11.0 Å². The van der Waals surface area contributed by atoms with Gasteiger partial charge in [-0.05, 0) is 36.4 Å². The number of fused-ring (bicyclic) bond motifs is 2. The van der Waals surface area contributed by atoms with Gasteiger partial charge in [-0.1, -0.05) is 18.2 Å². The fourth-order valence-electron chi connectivity index (χ4n) is 3.49. The molecule has 0 amide bonds. The lowest BCUT2D eigenvalue weighted by molar-refractivity contribution is 0.0599. The van der Waals surface area contributed by atoms with Crippen LogP contribution in [0, 0.1) is 34.0 Å². The van der Waals surface area contributed by atoms with Crippen LogP contribution in [0.3, 0.4) is 0 Å². The van der Waals surface area contributed by atoms with E-state index in [0.717, 1.165) is 5.69 Å². The molecular weight excluding hydrogens is 484 g/mol. The molecule has 186 valence electrons. The Labute approximate surface area is 217 Å². The Kier molecular flexibility index (Phi) is 8.91. The average molecular weight is 505 g/mol. The van der Waals surface area contributed by atoms with Gasteiger partial charge in [-0.3, -0.25) is 4.98 Å². The summed E-state index contributed by atoms with van der Waals surface area (Å²) in [5.74, 6) is -1.57. The van der Waals surface area contributed by atoms with E-state index in [2.05, 4.69) is 9.72 Å². The number of ether oxygens (including phenoxy) is 1. The summed E-state index contributed by atoms with van der Waals surface area (Å²) in [6.07, 6.45) is 8.62. The van der Waals surface area contributed by atoms with Gasteiger partial charge in [-0.25, -0.2) is 9.59 Å². The van der Waals surface area contributed by atoms with Crippen molar-refractivity contribution in [3.63, 3.8) is 0 Å². The molecule has 5 heterocycles. The molecule has 0 spiro atoms. The Morgan fingerprint density at radius 1 is 0.868 bits per heavy atom. The van der Waals surface area contributed by atoms with E-state index in [0.29, 0.717) is 28.6 Å². The molecule has 0 aliphatic rings. The minimum absolute atomic E-state index is 0.0405. The molecule has 0 atom stereocenters. The summed E-state index contributed by atoms with van der Waals surface area (Å²) >= 11 is 0. The van der Waals surface area contributed by atoms with Crippen molar-refractivity contribution in [3.05, 3.63) is 114 Å². The normalized spacial score (nSPS) is 9.53. The minimum atomic E-state index is -1.08. The number of rotatable bonds is 3. The Balaban J connectivity index is 0.000000163. The van der Waals surface area contributed by atoms with Gasteiger partial charge in [0.05, 0.1) is 58.6 Å². The van der Waals surface area contributed by atoms with Crippen molar-refractivity contribution in [2.45, 2.75) is 6.42 Å². The highest BCUT2D eigenvalue weighted by Gasteiger charge is 2.17. The Morgan fingerprint density at radius 2 is 1.42 bits per heavy atom. The third-order valence-electron chi connectivity index (χ3n) is 5.21. The van der Waals surface area contributed by atoms with Gasteiger partial charge in [-0.2, -0.15) is 15.8 Å². The first-order valence-corrected chi connectivity index (χ1v) is 11.0. The number of esters is 1. The van der Waals surface area contributed by atoms with Gasteiger partial charge >= 0.3 is 11.9 Å². The summed E-state index contributed by atoms with van der Waals surface area (Å²) in [5, 5.41) is 34.9. The van der Waals surface area contributed by atoms with E-state index in [4.69, 9.17) is 20.9 Å². The number of carbonyl (C=O) groups is 2. The third kappa shape index (κ3) is 6.01. The van der Waals surface area contributed by atoms with Crippen LogP contribution in [-0.4, -0.2) is 37.9 Å². The second-order valence-corrected chi connectivity index (χ2v) is 7.50. The molecule has 0 bridgehead atoms. The lowest BCUT2D eigenvalue weighted by Gasteiger charge is -1.93. The number of carboxylic acids is 1. The predicted molar refractivity (Wildman–Crippen MR) is 136 cm³/mol. The van der Waals surface area contributed by atoms with Gasteiger partial charge < -0.3 is 18.6 Å². The molecule has 0 aliphatic heterocycles. The van der Waals surface area contributed by atoms with Crippen LogP contribution in [0.1, 0.15) is 37.5 Å². The molecule has 10 nitrogen and oxygen atoms in total. The van der Waals surface area contributed by atoms with Crippen LogP contribution in [0.5, 0.6) is 0 Å². The van der Waals surface area contributed by atoms with E-state index in [-0.39, 0.29) is 11.1 Å². The van der Waals surface area contributed by atoms with Gasteiger partial charge in [0.15, 0.2) is 0 Å². The molecule has 0 fully saturated rings. The Hall–Kier alpha value is -5.92. The molecule has 0 saturated carbocycles. The molecule has 38 heavy (non-hydrogen) atoms. The van der Waals surface area contributed by atoms with Gasteiger partial charge in [-0.15, -0.1) is 0 Å². The van der Waals surface area contributed by atoms with Gasteiger partial charge in [0.1, 0.15) is 12.1 Å². The SMILES string of the molecule is COC(=O)c1cn2ccccc2c1C#N.N#CCc1ccccn1.N#Cc1c(C(=O)O)cn2ccccc12. The summed E-state index contributed by atoms with van der Waals surface area (Å²) in [6, 6.07) is 22.2. The maximum atomic E-state index is 11.4. The molecule has 0 aliphatic carbocycles. The first-order valence-electron chi connectivity index (χ1n) is 11.0. The summed E-state index contributed by atoms with van der Waals surface area (Å²) < 4.78 is 7.96. The van der Waals surface area contributed by atoms with Gasteiger partial charge in [0.25, 0.3) is 0 Å². The van der Waals surface area contributed by atoms with Crippen molar-refractivity contribution < 1.29 is 19.4 Å². The van der Waals surface area contributed by atoms with Gasteiger partial charge in [0, 0.05) is 31.0 Å². The molecule has 5 rings (SSSR count). The van der Waals surface area contributed by atoms with Crippen LogP contribution in [0.15, 0.2) is 85.6 Å². The summed E-state index contributed by atoms with van der Waals surface area (Å²) in [5.41, 5.74) is 3.05. The first-order chi connectivity index (χ1) is 18.4. The maximum Gasteiger partial charge on any atom is 0.340 e. The van der Waals surface area contributed by atoms with Crippen molar-refractivity contribution in [1.82, 2.24) is 13.8 Å². The number of nitrogens with zero attached hydrogens (tertiary/aromatic N) is 6. The van der Waals surface area contributed by atoms with E-state index < -0.39 is 11.9 Å². The number of pyridine rings is 3. The number of methoxy groups -OCH3 is 1. The topological polar surface area (TPSA) is 157 Å². The number of carbonyl (C=O) groups excluding carboxylic acids is 1. The van der Waals surface area contributed by atoms with E-state index >= 15 is 0 Å². The molecule has 0 aromatic carbocycles. The fraction of sp³-hybridized carbons (Fsp3) is 0.0714. The smallest absolute Gasteiger partial charge is 0.340 e. The monoisotopic (exact) mass is 504 g/mol. The number of aromatic nitrogens is 3. The van der Waals surface area contributed by atoms with Crippen LogP contribution in [0.4, 0.5) is 0 Å². The van der Waals surface area contributed by atoms with E-state index in [1.807, 2.05) is 48.5 Å². The zero-order valence-corrected chi connectivity index (χ0v) is 20.1. The second-order valence-electron chi connectivity index (χ2n) is 7.50. The Morgan fingerprint density at radius 3 is 1.89 bits per heavy atom. The summed E-state index contributed by atoms with van der Waals surface area (Å²) in [4.78, 5) is 26.1. The molecule has 5 aromatic rings.